The van der Waals surface area contributed by atoms with Gasteiger partial charge in [0.15, 0.2) is 0 Å². The Kier molecular flexibility index (Phi) is 16.3. The van der Waals surface area contributed by atoms with Crippen molar-refractivity contribution in [3.05, 3.63) is 0 Å². The molecule has 0 atom stereocenters. The number of unbranched alkanes of at least 4 members (excludes halogenated alkanes) is 3. The molecule has 0 rings (SSSR count). The molecule has 0 radical (unpaired) electrons. The second-order valence-electron chi connectivity index (χ2n) is 5.78. The standard InChI is InChI=1S/C12H27N.C4H7NO5S/c1-4-7-10-13(11-8-5-2)12-9-6-3;1-3(6)2-4(7)5-11(8,9)10/h4-12H2,1-3H3;2H2,1H3,(H,5,7)(H,8,9,10). The monoisotopic (exact) mass is 366 g/mol. The summed E-state index contributed by atoms with van der Waals surface area (Å²) in [5, 5.41) is 0. The first-order chi connectivity index (χ1) is 11.2. The number of Topliss-reactive ketones (excluding diaryl/α,β-unsaturated/α-hetero) is 1. The predicted octanol–water partition coefficient (Wildman–Crippen LogP) is 2.57. The molecule has 144 valence electrons. The highest BCUT2D eigenvalue weighted by Crippen LogP contribution is 2.01. The van der Waals surface area contributed by atoms with Crippen LogP contribution in [0.3, 0.4) is 0 Å². The summed E-state index contributed by atoms with van der Waals surface area (Å²) >= 11 is 0. The number of carbonyl (C=O) groups is 2. The molecule has 0 bridgehead atoms. The lowest BCUT2D eigenvalue weighted by atomic mass is 10.2. The summed E-state index contributed by atoms with van der Waals surface area (Å²) in [6.07, 6.45) is 7.53. The van der Waals surface area contributed by atoms with Gasteiger partial charge in [0.05, 0.1) is 6.42 Å². The molecule has 0 spiro atoms. The van der Waals surface area contributed by atoms with Crippen LogP contribution >= 0.6 is 0 Å². The minimum Gasteiger partial charge on any atom is -0.303 e. The van der Waals surface area contributed by atoms with Gasteiger partial charge in [-0.25, -0.2) is 4.72 Å². The Labute approximate surface area is 147 Å². The van der Waals surface area contributed by atoms with Gasteiger partial charge in [-0.2, -0.15) is 8.42 Å². The maximum atomic E-state index is 10.4. The van der Waals surface area contributed by atoms with Gasteiger partial charge in [0, 0.05) is 0 Å². The van der Waals surface area contributed by atoms with Crippen LogP contribution in [0.15, 0.2) is 0 Å². The van der Waals surface area contributed by atoms with Gasteiger partial charge in [-0.1, -0.05) is 40.0 Å². The zero-order chi connectivity index (χ0) is 19.0. The zero-order valence-electron chi connectivity index (χ0n) is 15.5. The van der Waals surface area contributed by atoms with Crippen molar-refractivity contribution in [2.45, 2.75) is 72.6 Å². The van der Waals surface area contributed by atoms with Crippen LogP contribution in [-0.4, -0.2) is 49.2 Å². The second kappa shape index (κ2) is 15.5. The highest BCUT2D eigenvalue weighted by molar-refractivity contribution is 7.84. The Morgan fingerprint density at radius 1 is 0.917 bits per heavy atom. The van der Waals surface area contributed by atoms with E-state index in [9.17, 15) is 18.0 Å². The van der Waals surface area contributed by atoms with Gasteiger partial charge in [-0.3, -0.25) is 14.1 Å². The van der Waals surface area contributed by atoms with Crippen molar-refractivity contribution in [2.75, 3.05) is 19.6 Å². The van der Waals surface area contributed by atoms with E-state index in [1.165, 1.54) is 62.9 Å². The van der Waals surface area contributed by atoms with Crippen LogP contribution in [0.25, 0.3) is 0 Å². The lowest BCUT2D eigenvalue weighted by Gasteiger charge is -2.21. The number of hydrogen-bond acceptors (Lipinski definition) is 5. The first kappa shape index (κ1) is 25.3. The lowest BCUT2D eigenvalue weighted by Crippen LogP contribution is -2.30. The average Bonchev–Trinajstić information content (AvgIpc) is 2.44. The van der Waals surface area contributed by atoms with Gasteiger partial charge in [0.25, 0.3) is 0 Å². The largest absolute Gasteiger partial charge is 0.359 e. The highest BCUT2D eigenvalue weighted by atomic mass is 32.2. The molecule has 0 saturated heterocycles. The molecule has 1 amide bonds. The summed E-state index contributed by atoms with van der Waals surface area (Å²) < 4.78 is 29.1. The van der Waals surface area contributed by atoms with Crippen molar-refractivity contribution in [1.82, 2.24) is 9.62 Å². The fourth-order valence-electron chi connectivity index (χ4n) is 1.89. The molecule has 0 aromatic heterocycles. The van der Waals surface area contributed by atoms with Crippen molar-refractivity contribution in [3.63, 3.8) is 0 Å². The van der Waals surface area contributed by atoms with Crippen LogP contribution in [0.1, 0.15) is 72.6 Å². The number of nitrogens with one attached hydrogen (secondary N) is 1. The molecule has 0 unspecified atom stereocenters. The molecule has 7 nitrogen and oxygen atoms in total. The van der Waals surface area contributed by atoms with E-state index in [0.717, 1.165) is 6.92 Å². The number of amides is 1. The molecule has 2 N–H and O–H groups in total. The van der Waals surface area contributed by atoms with Gasteiger partial charge < -0.3 is 4.90 Å². The van der Waals surface area contributed by atoms with Gasteiger partial charge in [0.1, 0.15) is 5.78 Å². The molecule has 0 aromatic carbocycles. The minimum atomic E-state index is -4.52. The topological polar surface area (TPSA) is 104 Å². The fourth-order valence-corrected chi connectivity index (χ4v) is 2.25. The fraction of sp³-hybridized carbons (Fsp3) is 0.875. The summed E-state index contributed by atoms with van der Waals surface area (Å²) in [7, 11) is -4.52. The Bertz CT molecular complexity index is 419. The number of carbonyl (C=O) groups excluding carboxylic acids is 2. The van der Waals surface area contributed by atoms with E-state index in [0.29, 0.717) is 0 Å². The van der Waals surface area contributed by atoms with Crippen LogP contribution in [0.4, 0.5) is 0 Å². The first-order valence-electron chi connectivity index (χ1n) is 8.66. The third kappa shape index (κ3) is 21.0. The van der Waals surface area contributed by atoms with E-state index in [1.807, 2.05) is 0 Å². The van der Waals surface area contributed by atoms with Crippen LogP contribution in [-0.2, 0) is 19.9 Å². The molecule has 0 aliphatic carbocycles. The maximum absolute atomic E-state index is 10.4. The third-order valence-electron chi connectivity index (χ3n) is 3.14. The summed E-state index contributed by atoms with van der Waals surface area (Å²) in [5.74, 6) is -1.52. The van der Waals surface area contributed by atoms with Gasteiger partial charge in [-0.15, -0.1) is 0 Å². The lowest BCUT2D eigenvalue weighted by molar-refractivity contribution is -0.126. The molecule has 0 fully saturated rings. The van der Waals surface area contributed by atoms with Crippen molar-refractivity contribution in [1.29, 1.82) is 0 Å². The molecule has 0 aliphatic heterocycles. The van der Waals surface area contributed by atoms with Crippen molar-refractivity contribution < 1.29 is 22.6 Å². The summed E-state index contributed by atoms with van der Waals surface area (Å²) in [4.78, 5) is 23.2. The molecular formula is C16H34N2O5S. The van der Waals surface area contributed by atoms with Gasteiger partial charge >= 0.3 is 10.3 Å². The van der Waals surface area contributed by atoms with E-state index in [-0.39, 0.29) is 0 Å². The third-order valence-corrected chi connectivity index (χ3v) is 3.62. The second-order valence-corrected chi connectivity index (χ2v) is 6.94. The van der Waals surface area contributed by atoms with Crippen molar-refractivity contribution in [2.24, 2.45) is 0 Å². The van der Waals surface area contributed by atoms with Crippen LogP contribution in [0.2, 0.25) is 0 Å². The van der Waals surface area contributed by atoms with E-state index in [2.05, 4.69) is 25.7 Å². The van der Waals surface area contributed by atoms with E-state index >= 15 is 0 Å². The Balaban J connectivity index is 0. The smallest absolute Gasteiger partial charge is 0.303 e. The summed E-state index contributed by atoms with van der Waals surface area (Å²) in [6.45, 7) is 11.9. The molecule has 24 heavy (non-hydrogen) atoms. The van der Waals surface area contributed by atoms with E-state index < -0.39 is 28.4 Å². The summed E-state index contributed by atoms with van der Waals surface area (Å²) in [6, 6.07) is 0. The number of ketones is 1. The predicted molar refractivity (Wildman–Crippen MR) is 96.2 cm³/mol. The average molecular weight is 367 g/mol. The van der Waals surface area contributed by atoms with Crippen LogP contribution in [0.5, 0.6) is 0 Å². The van der Waals surface area contributed by atoms with Crippen molar-refractivity contribution >= 4 is 22.0 Å². The molecule has 0 aliphatic rings. The quantitative estimate of drug-likeness (QED) is 0.406. The Morgan fingerprint density at radius 2 is 1.29 bits per heavy atom. The van der Waals surface area contributed by atoms with E-state index in [4.69, 9.17) is 4.55 Å². The van der Waals surface area contributed by atoms with Gasteiger partial charge in [-0.05, 0) is 45.8 Å². The molecule has 0 heterocycles. The van der Waals surface area contributed by atoms with E-state index in [1.54, 1.807) is 0 Å². The number of nitrogens with zero attached hydrogens (tertiary/aromatic N) is 1. The zero-order valence-corrected chi connectivity index (χ0v) is 16.3. The Morgan fingerprint density at radius 3 is 1.54 bits per heavy atom. The Hall–Kier alpha value is -0.990. The number of rotatable bonds is 12. The minimum absolute atomic E-state index is 0.480. The summed E-state index contributed by atoms with van der Waals surface area (Å²) in [5.41, 5.74) is 0. The molecule has 0 saturated carbocycles. The molecule has 8 heteroatoms. The van der Waals surface area contributed by atoms with Gasteiger partial charge in [0.2, 0.25) is 5.91 Å². The molecule has 0 aromatic rings. The molecular weight excluding hydrogens is 332 g/mol. The maximum Gasteiger partial charge on any atom is 0.359 e. The van der Waals surface area contributed by atoms with Crippen LogP contribution in [0, 0.1) is 0 Å². The first-order valence-corrected chi connectivity index (χ1v) is 10.1. The number of hydrogen-bond donors (Lipinski definition) is 2. The van der Waals surface area contributed by atoms with Crippen LogP contribution < -0.4 is 4.72 Å². The highest BCUT2D eigenvalue weighted by Gasteiger charge is 2.11. The SMILES string of the molecule is CC(=O)CC(=O)NS(=O)(=O)O.CCCCN(CCCC)CCCC. The normalized spacial score (nSPS) is 10.9. The van der Waals surface area contributed by atoms with Crippen molar-refractivity contribution in [3.8, 4) is 0 Å².